The molecule has 0 saturated heterocycles. The molecule has 2 nitrogen and oxygen atoms in total. The van der Waals surface area contributed by atoms with E-state index in [-0.39, 0.29) is 17.6 Å². The first kappa shape index (κ1) is 13.3. The lowest BCUT2D eigenvalue weighted by Gasteiger charge is -2.12. The Morgan fingerprint density at radius 1 is 1.39 bits per heavy atom. The Bertz CT molecular complexity index is 544. The van der Waals surface area contributed by atoms with Crippen LogP contribution in [0.5, 0.6) is 5.75 Å². The molecule has 2 N–H and O–H groups in total. The van der Waals surface area contributed by atoms with Gasteiger partial charge in [0.2, 0.25) is 0 Å². The lowest BCUT2D eigenvalue weighted by Crippen LogP contribution is -2.13. The zero-order valence-corrected chi connectivity index (χ0v) is 11.4. The number of hydrogen-bond acceptors (Lipinski definition) is 3. The minimum atomic E-state index is -0.349. The summed E-state index contributed by atoms with van der Waals surface area (Å²) in [6.07, 6.45) is 0.417. The SMILES string of the molecule is COc1cccc(CC(N)c2ccc(Cl)s2)c1F. The highest BCUT2D eigenvalue weighted by Crippen LogP contribution is 2.29. The molecule has 1 heterocycles. The van der Waals surface area contributed by atoms with E-state index < -0.39 is 0 Å². The summed E-state index contributed by atoms with van der Waals surface area (Å²) >= 11 is 7.27. The monoisotopic (exact) mass is 285 g/mol. The van der Waals surface area contributed by atoms with Crippen LogP contribution in [0.1, 0.15) is 16.5 Å². The second kappa shape index (κ2) is 5.69. The van der Waals surface area contributed by atoms with E-state index in [2.05, 4.69) is 0 Å². The van der Waals surface area contributed by atoms with Crippen LogP contribution in [0, 0.1) is 5.82 Å². The van der Waals surface area contributed by atoms with Gasteiger partial charge in [0.05, 0.1) is 11.4 Å². The number of ether oxygens (including phenoxy) is 1. The van der Waals surface area contributed by atoms with Crippen molar-refractivity contribution < 1.29 is 9.13 Å². The Morgan fingerprint density at radius 2 is 2.17 bits per heavy atom. The summed E-state index contributed by atoms with van der Waals surface area (Å²) in [6.45, 7) is 0. The minimum Gasteiger partial charge on any atom is -0.494 e. The highest BCUT2D eigenvalue weighted by molar-refractivity contribution is 7.16. The Balaban J connectivity index is 2.19. The van der Waals surface area contributed by atoms with Crippen LogP contribution in [0.4, 0.5) is 4.39 Å². The summed E-state index contributed by atoms with van der Waals surface area (Å²) in [6, 6.07) is 8.47. The molecule has 0 aliphatic rings. The van der Waals surface area contributed by atoms with Crippen molar-refractivity contribution in [1.82, 2.24) is 0 Å². The van der Waals surface area contributed by atoms with Gasteiger partial charge in [-0.05, 0) is 30.2 Å². The van der Waals surface area contributed by atoms with Gasteiger partial charge in [0, 0.05) is 10.9 Å². The van der Waals surface area contributed by atoms with E-state index in [4.69, 9.17) is 22.1 Å². The molecule has 0 spiro atoms. The fraction of sp³-hybridized carbons (Fsp3) is 0.231. The molecule has 18 heavy (non-hydrogen) atoms. The molecule has 0 fully saturated rings. The maximum Gasteiger partial charge on any atom is 0.168 e. The van der Waals surface area contributed by atoms with E-state index >= 15 is 0 Å². The summed E-state index contributed by atoms with van der Waals surface area (Å²) in [5.74, 6) is -0.109. The first-order valence-electron chi connectivity index (χ1n) is 5.44. The fourth-order valence-electron chi connectivity index (χ4n) is 1.74. The molecule has 96 valence electrons. The molecule has 2 aromatic rings. The molecular weight excluding hydrogens is 273 g/mol. The van der Waals surface area contributed by atoms with Crippen molar-refractivity contribution in [3.8, 4) is 5.75 Å². The first-order chi connectivity index (χ1) is 8.61. The lowest BCUT2D eigenvalue weighted by molar-refractivity contribution is 0.383. The summed E-state index contributed by atoms with van der Waals surface area (Å²) < 4.78 is 19.6. The maximum atomic E-state index is 14.0. The average Bonchev–Trinajstić information content (AvgIpc) is 2.78. The third kappa shape index (κ3) is 2.83. The van der Waals surface area contributed by atoms with Gasteiger partial charge in [0.1, 0.15) is 0 Å². The van der Waals surface area contributed by atoms with Crippen LogP contribution in [0.15, 0.2) is 30.3 Å². The van der Waals surface area contributed by atoms with Crippen LogP contribution in [0.25, 0.3) is 0 Å². The zero-order valence-electron chi connectivity index (χ0n) is 9.82. The predicted molar refractivity (Wildman–Crippen MR) is 72.9 cm³/mol. The molecule has 1 aromatic carbocycles. The molecule has 1 unspecified atom stereocenters. The lowest BCUT2D eigenvalue weighted by atomic mass is 10.0. The summed E-state index contributed by atoms with van der Waals surface area (Å²) in [7, 11) is 1.45. The van der Waals surface area contributed by atoms with Crippen LogP contribution in [0.3, 0.4) is 0 Å². The molecule has 0 saturated carbocycles. The predicted octanol–water partition coefficient (Wildman–Crippen LogP) is 3.79. The highest BCUT2D eigenvalue weighted by atomic mass is 35.5. The third-order valence-corrected chi connectivity index (χ3v) is 4.03. The van der Waals surface area contributed by atoms with E-state index in [1.807, 2.05) is 6.07 Å². The van der Waals surface area contributed by atoms with Gasteiger partial charge in [-0.15, -0.1) is 11.3 Å². The van der Waals surface area contributed by atoms with Gasteiger partial charge in [-0.25, -0.2) is 4.39 Å². The fourth-order valence-corrected chi connectivity index (χ4v) is 2.80. The standard InChI is InChI=1S/C13H13ClFNOS/c1-17-10-4-2-3-8(13(10)15)7-9(16)11-5-6-12(14)18-11/h2-6,9H,7,16H2,1H3. The molecule has 5 heteroatoms. The zero-order chi connectivity index (χ0) is 13.1. The summed E-state index contributed by atoms with van der Waals surface area (Å²) in [5.41, 5.74) is 6.59. The molecular formula is C13H13ClFNOS. The van der Waals surface area contributed by atoms with Crippen LogP contribution in [0.2, 0.25) is 4.34 Å². The van der Waals surface area contributed by atoms with E-state index in [0.29, 0.717) is 16.3 Å². The molecule has 0 bridgehead atoms. The van der Waals surface area contributed by atoms with Crippen molar-refractivity contribution in [2.24, 2.45) is 5.73 Å². The normalized spacial score (nSPS) is 12.4. The number of hydrogen-bond donors (Lipinski definition) is 1. The summed E-state index contributed by atoms with van der Waals surface area (Å²) in [4.78, 5) is 0.946. The molecule has 2 rings (SSSR count). The first-order valence-corrected chi connectivity index (χ1v) is 6.63. The van der Waals surface area contributed by atoms with Gasteiger partial charge < -0.3 is 10.5 Å². The van der Waals surface area contributed by atoms with Crippen LogP contribution in [-0.2, 0) is 6.42 Å². The van der Waals surface area contributed by atoms with E-state index in [9.17, 15) is 4.39 Å². The molecule has 1 atom stereocenters. The molecule has 0 radical (unpaired) electrons. The van der Waals surface area contributed by atoms with Gasteiger partial charge in [-0.3, -0.25) is 0 Å². The Hall–Kier alpha value is -1.10. The van der Waals surface area contributed by atoms with E-state index in [0.717, 1.165) is 4.88 Å². The maximum absolute atomic E-state index is 14.0. The topological polar surface area (TPSA) is 35.2 Å². The van der Waals surface area contributed by atoms with Crippen molar-refractivity contribution >= 4 is 22.9 Å². The molecule has 0 amide bonds. The molecule has 0 aliphatic carbocycles. The minimum absolute atomic E-state index is 0.240. The Labute approximate surface area is 114 Å². The number of halogens is 2. The van der Waals surface area contributed by atoms with Crippen LogP contribution < -0.4 is 10.5 Å². The van der Waals surface area contributed by atoms with Crippen molar-refractivity contribution in [2.75, 3.05) is 7.11 Å². The average molecular weight is 286 g/mol. The number of methoxy groups -OCH3 is 1. The third-order valence-electron chi connectivity index (χ3n) is 2.66. The van der Waals surface area contributed by atoms with Gasteiger partial charge >= 0.3 is 0 Å². The quantitative estimate of drug-likeness (QED) is 0.927. The molecule has 1 aromatic heterocycles. The van der Waals surface area contributed by atoms with Gasteiger partial charge in [0.15, 0.2) is 11.6 Å². The van der Waals surface area contributed by atoms with E-state index in [1.54, 1.807) is 24.3 Å². The number of rotatable bonds is 4. The summed E-state index contributed by atoms with van der Waals surface area (Å²) in [5, 5.41) is 0. The van der Waals surface area contributed by atoms with Crippen LogP contribution >= 0.6 is 22.9 Å². The largest absolute Gasteiger partial charge is 0.494 e. The van der Waals surface area contributed by atoms with Crippen molar-refractivity contribution in [3.05, 3.63) is 50.9 Å². The van der Waals surface area contributed by atoms with Crippen molar-refractivity contribution in [1.29, 1.82) is 0 Å². The number of thiophene rings is 1. The smallest absolute Gasteiger partial charge is 0.168 e. The van der Waals surface area contributed by atoms with Gasteiger partial charge in [-0.1, -0.05) is 23.7 Å². The second-order valence-corrected chi connectivity index (χ2v) is 5.63. The van der Waals surface area contributed by atoms with E-state index in [1.165, 1.54) is 18.4 Å². The van der Waals surface area contributed by atoms with Crippen LogP contribution in [-0.4, -0.2) is 7.11 Å². The van der Waals surface area contributed by atoms with Gasteiger partial charge in [0.25, 0.3) is 0 Å². The Kier molecular flexibility index (Phi) is 4.22. The second-order valence-electron chi connectivity index (χ2n) is 3.89. The van der Waals surface area contributed by atoms with Crippen molar-refractivity contribution in [3.63, 3.8) is 0 Å². The number of benzene rings is 1. The number of nitrogens with two attached hydrogens (primary N) is 1. The van der Waals surface area contributed by atoms with Gasteiger partial charge in [-0.2, -0.15) is 0 Å². The highest BCUT2D eigenvalue weighted by Gasteiger charge is 2.14. The molecule has 0 aliphatic heterocycles. The Morgan fingerprint density at radius 3 is 2.78 bits per heavy atom. The van der Waals surface area contributed by atoms with Crippen molar-refractivity contribution in [2.45, 2.75) is 12.5 Å².